The number of carbonyl (C=O) groups excluding carboxylic acids is 8. The second-order valence-corrected chi connectivity index (χ2v) is 21.2. The molecule has 0 radical (unpaired) electrons. The number of methoxy groups -OCH3 is 2. The molecular weight excluding hydrogens is 979 g/mol. The van der Waals surface area contributed by atoms with E-state index in [1.165, 1.54) is 38.3 Å². The summed E-state index contributed by atoms with van der Waals surface area (Å²) in [6.07, 6.45) is 6.19. The number of nitrogens with zero attached hydrogens (tertiary/aromatic N) is 4. The van der Waals surface area contributed by atoms with Gasteiger partial charge in [-0.15, -0.1) is 0 Å². The molecule has 8 amide bonds. The highest BCUT2D eigenvalue weighted by molar-refractivity contribution is 6.12. The van der Waals surface area contributed by atoms with Gasteiger partial charge in [-0.05, 0) is 74.8 Å². The molecule has 2 unspecified atom stereocenters. The van der Waals surface area contributed by atoms with Gasteiger partial charge in [0.1, 0.15) is 24.8 Å². The van der Waals surface area contributed by atoms with Crippen LogP contribution in [0.3, 0.4) is 0 Å². The summed E-state index contributed by atoms with van der Waals surface area (Å²) in [6, 6.07) is 5.52. The van der Waals surface area contributed by atoms with Crippen LogP contribution < -0.4 is 16.0 Å². The van der Waals surface area contributed by atoms with Crippen LogP contribution in [-0.4, -0.2) is 181 Å². The van der Waals surface area contributed by atoms with E-state index in [2.05, 4.69) is 16.0 Å². The summed E-state index contributed by atoms with van der Waals surface area (Å²) in [5, 5.41) is 19.5. The van der Waals surface area contributed by atoms with Crippen molar-refractivity contribution in [2.75, 3.05) is 54.6 Å². The van der Waals surface area contributed by atoms with Crippen molar-refractivity contribution in [3.05, 3.63) is 60.2 Å². The molecule has 1 saturated heterocycles. The van der Waals surface area contributed by atoms with Gasteiger partial charge in [0.25, 0.3) is 11.8 Å². The van der Waals surface area contributed by atoms with Crippen LogP contribution in [0.5, 0.6) is 0 Å². The van der Waals surface area contributed by atoms with E-state index in [1.807, 2.05) is 65.8 Å². The highest BCUT2D eigenvalue weighted by Crippen LogP contribution is 2.30. The Morgan fingerprint density at radius 2 is 1.50 bits per heavy atom. The van der Waals surface area contributed by atoms with E-state index in [0.29, 0.717) is 57.1 Å². The molecule has 0 spiro atoms. The van der Waals surface area contributed by atoms with Gasteiger partial charge in [-0.25, -0.2) is 4.79 Å². The molecule has 1 fully saturated rings. The summed E-state index contributed by atoms with van der Waals surface area (Å²) in [5.74, 6) is -4.18. The van der Waals surface area contributed by atoms with Gasteiger partial charge in [-0.2, -0.15) is 0 Å². The number of amides is 8. The number of aliphatic hydroxyl groups excluding tert-OH is 1. The lowest BCUT2D eigenvalue weighted by Crippen LogP contribution is -2.60. The number of hydrogen-bond donors (Lipinski definition) is 4. The summed E-state index contributed by atoms with van der Waals surface area (Å²) < 4.78 is 23.8. The number of benzene rings is 1. The van der Waals surface area contributed by atoms with Gasteiger partial charge in [0, 0.05) is 60.1 Å². The van der Waals surface area contributed by atoms with E-state index in [0.717, 1.165) is 4.90 Å². The topological polar surface area (TPSA) is 243 Å². The van der Waals surface area contributed by atoms with Gasteiger partial charge in [0.05, 0.1) is 54.9 Å². The first kappa shape index (κ1) is 62.8. The fraction of sp³-hybridized carbons (Fsp3) is 0.679. The average Bonchev–Trinajstić information content (AvgIpc) is 4.00. The molecular formula is C56H87N7O13. The quantitative estimate of drug-likeness (QED) is 0.0711. The summed E-state index contributed by atoms with van der Waals surface area (Å²) in [7, 11) is 6.20. The Morgan fingerprint density at radius 3 is 2.11 bits per heavy atom. The lowest BCUT2D eigenvalue weighted by Gasteiger charge is -2.41. The number of hydrogen-bond acceptors (Lipinski definition) is 13. The van der Waals surface area contributed by atoms with Crippen molar-refractivity contribution in [3.63, 3.8) is 0 Å². The normalized spacial score (nSPS) is 21.8. The molecule has 20 heteroatoms. The van der Waals surface area contributed by atoms with Crippen LogP contribution in [-0.2, 0) is 52.5 Å². The van der Waals surface area contributed by atoms with Crippen LogP contribution in [0, 0.1) is 23.7 Å². The van der Waals surface area contributed by atoms with Gasteiger partial charge in [0.2, 0.25) is 29.5 Å². The third kappa shape index (κ3) is 17.2. The second kappa shape index (κ2) is 30.3. The largest absolute Gasteiger partial charge is 0.442 e. The van der Waals surface area contributed by atoms with Crippen LogP contribution in [0.1, 0.15) is 118 Å². The SMILES string of the molecule is CC[C@H](C)[C@@H]([C@@H](CC(=O)N1CCC[C@H]1[C@H](OC)[C@@H](C)C(=O)N[C@H](C)[C@@H](O)c1ccccc1)OC)N(C)C(=O)[C@@H](NC(=O)[C@H](C(C)C)N(C)C(=O)OC1/C=C/CC(OCC(=O)NCCN2C(=O)C=CC2=O)CCC1)C(C)C. The first-order chi connectivity index (χ1) is 36.1. The number of nitrogens with one attached hydrogen (secondary N) is 3. The summed E-state index contributed by atoms with van der Waals surface area (Å²) >= 11 is 0. The zero-order valence-electron chi connectivity index (χ0n) is 46.9. The Hall–Kier alpha value is -5.70. The summed E-state index contributed by atoms with van der Waals surface area (Å²) in [5.41, 5.74) is 0.681. The van der Waals surface area contributed by atoms with Gasteiger partial charge in [0.15, 0.2) is 0 Å². The highest BCUT2D eigenvalue weighted by atomic mass is 16.6. The summed E-state index contributed by atoms with van der Waals surface area (Å²) in [6.45, 7) is 15.2. The zero-order valence-corrected chi connectivity index (χ0v) is 46.9. The Balaban J connectivity index is 1.36. The Bertz CT molecular complexity index is 2160. The van der Waals surface area contributed by atoms with E-state index in [1.54, 1.807) is 48.9 Å². The van der Waals surface area contributed by atoms with Crippen molar-refractivity contribution < 1.29 is 62.4 Å². The molecule has 0 aromatic heterocycles. The van der Waals surface area contributed by atoms with Gasteiger partial charge < -0.3 is 49.8 Å². The van der Waals surface area contributed by atoms with Crippen molar-refractivity contribution in [3.8, 4) is 0 Å². The molecule has 0 saturated carbocycles. The number of likely N-dealkylation sites (N-methyl/N-ethyl adjacent to an activating group) is 2. The zero-order chi connectivity index (χ0) is 56.4. The average molecular weight is 1070 g/mol. The molecule has 76 heavy (non-hydrogen) atoms. The number of ether oxygens (including phenoxy) is 4. The molecule has 4 N–H and O–H groups in total. The lowest BCUT2D eigenvalue weighted by molar-refractivity contribution is -0.148. The monoisotopic (exact) mass is 1070 g/mol. The number of rotatable bonds is 27. The Morgan fingerprint density at radius 1 is 0.829 bits per heavy atom. The lowest BCUT2D eigenvalue weighted by atomic mass is 9.89. The fourth-order valence-electron chi connectivity index (χ4n) is 10.5. The molecule has 2 heterocycles. The number of likely N-dealkylation sites (tertiary alicyclic amines) is 1. The molecule has 3 aliphatic rings. The van der Waals surface area contributed by atoms with Crippen molar-refractivity contribution in [2.24, 2.45) is 23.7 Å². The maximum Gasteiger partial charge on any atom is 0.410 e. The van der Waals surface area contributed by atoms with Gasteiger partial charge >= 0.3 is 6.09 Å². The smallest absolute Gasteiger partial charge is 0.410 e. The first-order valence-electron chi connectivity index (χ1n) is 27.0. The summed E-state index contributed by atoms with van der Waals surface area (Å²) in [4.78, 5) is 112. The van der Waals surface area contributed by atoms with Crippen LogP contribution in [0.2, 0.25) is 0 Å². The van der Waals surface area contributed by atoms with Crippen molar-refractivity contribution in [1.29, 1.82) is 0 Å². The molecule has 2 aliphatic heterocycles. The number of imide groups is 1. The predicted octanol–water partition coefficient (Wildman–Crippen LogP) is 4.30. The Kier molecular flexibility index (Phi) is 25.0. The molecule has 4 rings (SSSR count). The van der Waals surface area contributed by atoms with E-state index < -0.39 is 84.4 Å². The molecule has 1 aliphatic carbocycles. The van der Waals surface area contributed by atoms with Crippen molar-refractivity contribution in [2.45, 2.75) is 167 Å². The highest BCUT2D eigenvalue weighted by Gasteiger charge is 2.44. The molecule has 12 atom stereocenters. The minimum absolute atomic E-state index is 0.0596. The maximum atomic E-state index is 14.7. The third-order valence-corrected chi connectivity index (χ3v) is 15.1. The number of carbonyl (C=O) groups is 8. The molecule has 20 nitrogen and oxygen atoms in total. The number of aliphatic hydroxyl groups is 1. The third-order valence-electron chi connectivity index (χ3n) is 15.1. The first-order valence-corrected chi connectivity index (χ1v) is 27.0. The van der Waals surface area contributed by atoms with Crippen LogP contribution in [0.4, 0.5) is 4.79 Å². The maximum absolute atomic E-state index is 14.7. The Labute approximate surface area is 450 Å². The standard InChI is InChI=1S/C56H87N7O13/c1-13-36(6)50(43(73-11)32-47(67)62-30-19-26-42(62)52(74-12)37(7)53(69)58-38(8)51(68)39-20-15-14-16-21-39)60(9)55(71)48(34(2)3)59-54(70)49(35(4)5)61(10)56(72)76-41-24-17-22-40(23-18-25-41)75-33-44(64)57-29-31-63-45(65)27-28-46(63)66/h14-17,20-21,24,27-28,34-38,40-43,48-52,68H,13,18-19,22-23,25-26,29-33H2,1-12H3,(H,57,64)(H,58,69)(H,59,70)/b24-17+/t36-,37+,38+,40?,41?,42-,43+,48-,49-,50-,51+,52+/m0/s1. The molecule has 0 bridgehead atoms. The van der Waals surface area contributed by atoms with E-state index in [-0.39, 0.29) is 73.6 Å². The van der Waals surface area contributed by atoms with Crippen LogP contribution in [0.15, 0.2) is 54.6 Å². The minimum atomic E-state index is -1.00. The molecule has 1 aromatic rings. The molecule has 1 aromatic carbocycles. The van der Waals surface area contributed by atoms with E-state index in [9.17, 15) is 43.5 Å². The fourth-order valence-corrected chi connectivity index (χ4v) is 10.5. The minimum Gasteiger partial charge on any atom is -0.442 e. The van der Waals surface area contributed by atoms with Gasteiger partial charge in [-0.1, -0.05) is 91.3 Å². The van der Waals surface area contributed by atoms with Crippen molar-refractivity contribution in [1.82, 2.24) is 35.6 Å². The predicted molar refractivity (Wildman–Crippen MR) is 285 cm³/mol. The molecule has 424 valence electrons. The van der Waals surface area contributed by atoms with Gasteiger partial charge in [-0.3, -0.25) is 43.4 Å². The second-order valence-electron chi connectivity index (χ2n) is 21.2. The van der Waals surface area contributed by atoms with E-state index >= 15 is 0 Å². The van der Waals surface area contributed by atoms with Crippen LogP contribution in [0.25, 0.3) is 0 Å². The van der Waals surface area contributed by atoms with E-state index in [4.69, 9.17) is 18.9 Å². The van der Waals surface area contributed by atoms with Crippen molar-refractivity contribution >= 4 is 47.4 Å². The van der Waals surface area contributed by atoms with Crippen LogP contribution >= 0.6 is 0 Å².